The third kappa shape index (κ3) is 3.32. The van der Waals surface area contributed by atoms with Gasteiger partial charge < -0.3 is 5.32 Å². The second-order valence-corrected chi connectivity index (χ2v) is 5.35. The third-order valence-corrected chi connectivity index (χ3v) is 4.35. The van der Waals surface area contributed by atoms with Crippen LogP contribution in [0, 0.1) is 0 Å². The van der Waals surface area contributed by atoms with E-state index in [1.807, 2.05) is 18.5 Å². The van der Waals surface area contributed by atoms with Gasteiger partial charge in [0.1, 0.15) is 0 Å². The molecule has 0 fully saturated rings. The van der Waals surface area contributed by atoms with E-state index in [-0.39, 0.29) is 0 Å². The summed E-state index contributed by atoms with van der Waals surface area (Å²) in [6, 6.07) is 12.9. The molecule has 0 aliphatic carbocycles. The van der Waals surface area contributed by atoms with Crippen LogP contribution in [0.4, 0.5) is 0 Å². The molecule has 90 valence electrons. The van der Waals surface area contributed by atoms with E-state index in [9.17, 15) is 0 Å². The Morgan fingerprint density at radius 3 is 2.59 bits per heavy atom. The van der Waals surface area contributed by atoms with E-state index >= 15 is 0 Å². The molecule has 0 aliphatic rings. The molecule has 0 amide bonds. The van der Waals surface area contributed by atoms with E-state index in [0.29, 0.717) is 6.04 Å². The summed E-state index contributed by atoms with van der Waals surface area (Å²) >= 11 is 7.89. The minimum absolute atomic E-state index is 0.350. The first-order valence-electron chi connectivity index (χ1n) is 5.75. The van der Waals surface area contributed by atoms with Gasteiger partial charge in [-0.15, -0.1) is 11.3 Å². The molecule has 3 heteroatoms. The van der Waals surface area contributed by atoms with Crippen LogP contribution in [0.1, 0.15) is 22.9 Å². The van der Waals surface area contributed by atoms with Crippen molar-refractivity contribution in [1.29, 1.82) is 0 Å². The van der Waals surface area contributed by atoms with Gasteiger partial charge in [0.2, 0.25) is 0 Å². The molecule has 2 rings (SSSR count). The number of rotatable bonds is 5. The fourth-order valence-electron chi connectivity index (χ4n) is 1.92. The van der Waals surface area contributed by atoms with E-state index in [4.69, 9.17) is 11.6 Å². The molecule has 0 saturated heterocycles. The van der Waals surface area contributed by atoms with E-state index in [2.05, 4.69) is 35.6 Å². The highest BCUT2D eigenvalue weighted by atomic mass is 35.5. The van der Waals surface area contributed by atoms with Gasteiger partial charge >= 0.3 is 0 Å². The van der Waals surface area contributed by atoms with Gasteiger partial charge in [0.25, 0.3) is 0 Å². The highest BCUT2D eigenvalue weighted by molar-refractivity contribution is 7.10. The number of hydrogen-bond donors (Lipinski definition) is 1. The number of nitrogens with one attached hydrogen (secondary N) is 1. The maximum Gasteiger partial charge on any atom is 0.0561 e. The molecule has 1 nitrogen and oxygen atoms in total. The average molecular weight is 266 g/mol. The van der Waals surface area contributed by atoms with Crippen LogP contribution < -0.4 is 5.32 Å². The predicted molar refractivity (Wildman–Crippen MR) is 75.9 cm³/mol. The maximum absolute atomic E-state index is 6.17. The summed E-state index contributed by atoms with van der Waals surface area (Å²) in [6.07, 6.45) is 2.14. The average Bonchev–Trinajstić information content (AvgIpc) is 2.78. The molecule has 1 aromatic carbocycles. The second kappa shape index (κ2) is 6.20. The molecule has 0 saturated carbocycles. The Balaban J connectivity index is 2.00. The molecule has 1 heterocycles. The standard InChI is InChI=1S/C14H16ClNS/c1-16-13(14-12(15)9-10-17-14)8-7-11-5-3-2-4-6-11/h2-6,9-10,13,16H,7-8H2,1H3. The lowest BCUT2D eigenvalue weighted by Gasteiger charge is -2.15. The summed E-state index contributed by atoms with van der Waals surface area (Å²) in [7, 11) is 1.99. The summed E-state index contributed by atoms with van der Waals surface area (Å²) in [6.45, 7) is 0. The molecule has 1 aromatic heterocycles. The number of aryl methyl sites for hydroxylation is 1. The third-order valence-electron chi connectivity index (χ3n) is 2.87. The molecule has 2 aromatic rings. The van der Waals surface area contributed by atoms with Crippen molar-refractivity contribution in [3.05, 3.63) is 57.2 Å². The van der Waals surface area contributed by atoms with Crippen molar-refractivity contribution in [3.8, 4) is 0 Å². The summed E-state index contributed by atoms with van der Waals surface area (Å²) in [4.78, 5) is 1.24. The first-order chi connectivity index (χ1) is 8.31. The Bertz CT molecular complexity index is 452. The first-order valence-corrected chi connectivity index (χ1v) is 7.01. The van der Waals surface area contributed by atoms with Crippen molar-refractivity contribution in [2.45, 2.75) is 18.9 Å². The monoisotopic (exact) mass is 265 g/mol. The minimum Gasteiger partial charge on any atom is -0.312 e. The van der Waals surface area contributed by atoms with Crippen molar-refractivity contribution in [1.82, 2.24) is 5.32 Å². The van der Waals surface area contributed by atoms with Crippen molar-refractivity contribution in [2.75, 3.05) is 7.05 Å². The fraction of sp³-hybridized carbons (Fsp3) is 0.286. The van der Waals surface area contributed by atoms with Crippen LogP contribution in [0.5, 0.6) is 0 Å². The van der Waals surface area contributed by atoms with Gasteiger partial charge in [-0.2, -0.15) is 0 Å². The zero-order chi connectivity index (χ0) is 12.1. The van der Waals surface area contributed by atoms with Gasteiger partial charge in [-0.1, -0.05) is 41.9 Å². The Morgan fingerprint density at radius 1 is 1.24 bits per heavy atom. The fourth-order valence-corrected chi connectivity index (χ4v) is 3.25. The van der Waals surface area contributed by atoms with Crippen LogP contribution in [0.3, 0.4) is 0 Å². The Labute approximate surface area is 111 Å². The number of thiophene rings is 1. The van der Waals surface area contributed by atoms with Crippen LogP contribution in [0.15, 0.2) is 41.8 Å². The van der Waals surface area contributed by atoms with Gasteiger partial charge in [-0.05, 0) is 36.9 Å². The SMILES string of the molecule is CNC(CCc1ccccc1)c1sccc1Cl. The first kappa shape index (κ1) is 12.6. The topological polar surface area (TPSA) is 12.0 Å². The van der Waals surface area contributed by atoms with Crippen molar-refractivity contribution < 1.29 is 0 Å². The highest BCUT2D eigenvalue weighted by Crippen LogP contribution is 2.30. The van der Waals surface area contributed by atoms with E-state index < -0.39 is 0 Å². The second-order valence-electron chi connectivity index (χ2n) is 4.00. The van der Waals surface area contributed by atoms with E-state index in [1.165, 1.54) is 10.4 Å². The molecule has 0 spiro atoms. The molecular weight excluding hydrogens is 250 g/mol. The predicted octanol–water partition coefficient (Wildman–Crippen LogP) is 4.29. The number of benzene rings is 1. The summed E-state index contributed by atoms with van der Waals surface area (Å²) in [5, 5.41) is 6.26. The zero-order valence-electron chi connectivity index (χ0n) is 9.82. The quantitative estimate of drug-likeness (QED) is 0.850. The van der Waals surface area contributed by atoms with E-state index in [0.717, 1.165) is 17.9 Å². The molecule has 17 heavy (non-hydrogen) atoms. The smallest absolute Gasteiger partial charge is 0.0561 e. The molecule has 1 unspecified atom stereocenters. The molecule has 0 aliphatic heterocycles. The van der Waals surface area contributed by atoms with Gasteiger partial charge in [-0.25, -0.2) is 0 Å². The largest absolute Gasteiger partial charge is 0.312 e. The number of halogens is 1. The molecular formula is C14H16ClNS. The number of hydrogen-bond acceptors (Lipinski definition) is 2. The van der Waals surface area contributed by atoms with Gasteiger partial charge in [0.15, 0.2) is 0 Å². The van der Waals surface area contributed by atoms with Crippen molar-refractivity contribution in [3.63, 3.8) is 0 Å². The van der Waals surface area contributed by atoms with Gasteiger partial charge in [0, 0.05) is 10.9 Å². The van der Waals surface area contributed by atoms with Crippen LogP contribution in [-0.2, 0) is 6.42 Å². The summed E-state index contributed by atoms with van der Waals surface area (Å²) in [5.74, 6) is 0. The molecule has 1 atom stereocenters. The summed E-state index contributed by atoms with van der Waals surface area (Å²) < 4.78 is 0. The zero-order valence-corrected chi connectivity index (χ0v) is 11.4. The van der Waals surface area contributed by atoms with Crippen LogP contribution >= 0.6 is 22.9 Å². The lowest BCUT2D eigenvalue weighted by molar-refractivity contribution is 0.558. The van der Waals surface area contributed by atoms with Crippen LogP contribution in [0.2, 0.25) is 5.02 Å². The molecule has 0 radical (unpaired) electrons. The summed E-state index contributed by atoms with van der Waals surface area (Å²) in [5.41, 5.74) is 1.38. The Hall–Kier alpha value is -0.830. The van der Waals surface area contributed by atoms with Crippen molar-refractivity contribution in [2.24, 2.45) is 0 Å². The molecule has 0 bridgehead atoms. The highest BCUT2D eigenvalue weighted by Gasteiger charge is 2.13. The maximum atomic E-state index is 6.17. The lowest BCUT2D eigenvalue weighted by atomic mass is 10.0. The van der Waals surface area contributed by atoms with Crippen LogP contribution in [0.25, 0.3) is 0 Å². The van der Waals surface area contributed by atoms with Gasteiger partial charge in [-0.3, -0.25) is 0 Å². The molecule has 1 N–H and O–H groups in total. The minimum atomic E-state index is 0.350. The van der Waals surface area contributed by atoms with E-state index in [1.54, 1.807) is 11.3 Å². The van der Waals surface area contributed by atoms with Gasteiger partial charge in [0.05, 0.1) is 5.02 Å². The van der Waals surface area contributed by atoms with Crippen LogP contribution in [-0.4, -0.2) is 7.05 Å². The Kier molecular flexibility index (Phi) is 4.60. The normalized spacial score (nSPS) is 12.6. The lowest BCUT2D eigenvalue weighted by Crippen LogP contribution is -2.16. The van der Waals surface area contributed by atoms with Crippen molar-refractivity contribution >= 4 is 22.9 Å². The Morgan fingerprint density at radius 2 is 2.00 bits per heavy atom.